The van der Waals surface area contributed by atoms with E-state index in [0.29, 0.717) is 12.0 Å². The van der Waals surface area contributed by atoms with E-state index in [1.807, 2.05) is 0 Å². The van der Waals surface area contributed by atoms with Gasteiger partial charge in [0.05, 0.1) is 17.6 Å². The number of hydrogen-bond acceptors (Lipinski definition) is 5. The van der Waals surface area contributed by atoms with Crippen LogP contribution in [0.5, 0.6) is 0 Å². The molecule has 6 heteroatoms. The number of rotatable bonds is 3. The lowest BCUT2D eigenvalue weighted by molar-refractivity contribution is -0.385. The van der Waals surface area contributed by atoms with Crippen molar-refractivity contribution in [2.75, 3.05) is 7.11 Å². The Hall–Kier alpha value is -2.42. The Morgan fingerprint density at radius 3 is 2.65 bits per heavy atom. The van der Waals surface area contributed by atoms with E-state index < -0.39 is 10.9 Å². The Kier molecular flexibility index (Phi) is 3.78. The summed E-state index contributed by atoms with van der Waals surface area (Å²) in [7, 11) is 1.22. The highest BCUT2D eigenvalue weighted by Crippen LogP contribution is 2.24. The summed E-state index contributed by atoms with van der Waals surface area (Å²) >= 11 is 0. The summed E-state index contributed by atoms with van der Waals surface area (Å²) in [6.45, 7) is 1.76. The van der Waals surface area contributed by atoms with Crippen molar-refractivity contribution in [3.63, 3.8) is 0 Å². The zero-order valence-corrected chi connectivity index (χ0v) is 9.39. The second-order valence-electron chi connectivity index (χ2n) is 3.24. The fourth-order valence-corrected chi connectivity index (χ4v) is 1.46. The van der Waals surface area contributed by atoms with Crippen LogP contribution in [0, 0.1) is 21.4 Å². The molecule has 0 saturated carbocycles. The summed E-state index contributed by atoms with van der Waals surface area (Å²) in [5.41, 5.74) is 0.240. The standard InChI is InChI=1S/C11H10N2O4/c1-3-7-5-10(13(15)16)8(6-12)4-9(7)11(14)17-2/h4-5H,3H2,1-2H3. The summed E-state index contributed by atoms with van der Waals surface area (Å²) in [6.07, 6.45) is 0.441. The van der Waals surface area contributed by atoms with E-state index in [4.69, 9.17) is 5.26 Å². The van der Waals surface area contributed by atoms with Crippen molar-refractivity contribution >= 4 is 11.7 Å². The van der Waals surface area contributed by atoms with Crippen LogP contribution in [0.3, 0.4) is 0 Å². The van der Waals surface area contributed by atoms with Gasteiger partial charge in [0.25, 0.3) is 5.69 Å². The molecule has 0 aliphatic carbocycles. The maximum absolute atomic E-state index is 11.4. The molecule has 0 aromatic heterocycles. The molecule has 0 bridgehead atoms. The predicted molar refractivity (Wildman–Crippen MR) is 58.5 cm³/mol. The Morgan fingerprint density at radius 1 is 1.59 bits per heavy atom. The van der Waals surface area contributed by atoms with Crippen molar-refractivity contribution in [1.82, 2.24) is 0 Å². The maximum atomic E-state index is 11.4. The van der Waals surface area contributed by atoms with Crippen molar-refractivity contribution in [2.24, 2.45) is 0 Å². The van der Waals surface area contributed by atoms with E-state index in [0.717, 1.165) is 0 Å². The van der Waals surface area contributed by atoms with E-state index in [1.54, 1.807) is 13.0 Å². The van der Waals surface area contributed by atoms with Gasteiger partial charge in [0.15, 0.2) is 0 Å². The molecule has 0 heterocycles. The first-order valence-corrected chi connectivity index (χ1v) is 4.84. The number of esters is 1. The fraction of sp³-hybridized carbons (Fsp3) is 0.273. The van der Waals surface area contributed by atoms with Gasteiger partial charge >= 0.3 is 5.97 Å². The number of aryl methyl sites for hydroxylation is 1. The monoisotopic (exact) mass is 234 g/mol. The molecule has 0 fully saturated rings. The SMILES string of the molecule is CCc1cc([N+](=O)[O-])c(C#N)cc1C(=O)OC. The van der Waals surface area contributed by atoms with E-state index in [1.165, 1.54) is 19.2 Å². The van der Waals surface area contributed by atoms with Crippen LogP contribution in [-0.2, 0) is 11.2 Å². The predicted octanol–water partition coefficient (Wildman–Crippen LogP) is 1.82. The summed E-state index contributed by atoms with van der Waals surface area (Å²) in [5, 5.41) is 19.5. The molecule has 0 amide bonds. The molecule has 88 valence electrons. The number of nitrogens with zero attached hydrogens (tertiary/aromatic N) is 2. The Bertz CT molecular complexity index is 517. The minimum absolute atomic E-state index is 0.146. The second-order valence-corrected chi connectivity index (χ2v) is 3.24. The highest BCUT2D eigenvalue weighted by molar-refractivity contribution is 5.92. The molecule has 0 aliphatic rings. The average Bonchev–Trinajstić information content (AvgIpc) is 2.35. The van der Waals surface area contributed by atoms with Gasteiger partial charge in [-0.3, -0.25) is 10.1 Å². The molecule has 0 spiro atoms. The highest BCUT2D eigenvalue weighted by atomic mass is 16.6. The number of benzene rings is 1. The molecule has 17 heavy (non-hydrogen) atoms. The van der Waals surface area contributed by atoms with Crippen LogP contribution in [0.2, 0.25) is 0 Å². The van der Waals surface area contributed by atoms with Crippen LogP contribution < -0.4 is 0 Å². The van der Waals surface area contributed by atoms with E-state index >= 15 is 0 Å². The number of carbonyl (C=O) groups excluding carboxylic acids is 1. The van der Waals surface area contributed by atoms with Gasteiger partial charge < -0.3 is 4.74 Å². The maximum Gasteiger partial charge on any atom is 0.338 e. The topological polar surface area (TPSA) is 93.2 Å². The molecular weight excluding hydrogens is 224 g/mol. The number of carbonyl (C=O) groups is 1. The molecule has 1 aromatic carbocycles. The van der Waals surface area contributed by atoms with Crippen LogP contribution in [-0.4, -0.2) is 18.0 Å². The van der Waals surface area contributed by atoms with Gasteiger partial charge in [-0.15, -0.1) is 0 Å². The molecule has 0 atom stereocenters. The Morgan fingerprint density at radius 2 is 2.24 bits per heavy atom. The van der Waals surface area contributed by atoms with Gasteiger partial charge in [-0.05, 0) is 18.1 Å². The Labute approximate surface area is 97.6 Å². The number of methoxy groups -OCH3 is 1. The van der Waals surface area contributed by atoms with Gasteiger partial charge in [-0.1, -0.05) is 6.92 Å². The normalized spacial score (nSPS) is 9.47. The number of nitriles is 1. The van der Waals surface area contributed by atoms with Crippen molar-refractivity contribution < 1.29 is 14.5 Å². The Balaban J connectivity index is 3.50. The zero-order valence-electron chi connectivity index (χ0n) is 9.39. The first-order chi connectivity index (χ1) is 8.04. The fourth-order valence-electron chi connectivity index (χ4n) is 1.46. The number of ether oxygens (including phenoxy) is 1. The largest absolute Gasteiger partial charge is 0.465 e. The van der Waals surface area contributed by atoms with Crippen LogP contribution in [0.15, 0.2) is 12.1 Å². The molecule has 1 aromatic rings. The third-order valence-electron chi connectivity index (χ3n) is 2.32. The van der Waals surface area contributed by atoms with Crippen molar-refractivity contribution in [3.8, 4) is 6.07 Å². The third kappa shape index (κ3) is 2.39. The summed E-state index contributed by atoms with van der Waals surface area (Å²) in [6, 6.07) is 4.14. The van der Waals surface area contributed by atoms with E-state index in [9.17, 15) is 14.9 Å². The van der Waals surface area contributed by atoms with E-state index in [2.05, 4.69) is 4.74 Å². The number of nitro benzene ring substituents is 1. The van der Waals surface area contributed by atoms with Gasteiger partial charge in [0.1, 0.15) is 11.6 Å². The summed E-state index contributed by atoms with van der Waals surface area (Å²) < 4.78 is 4.56. The van der Waals surface area contributed by atoms with Crippen LogP contribution in [0.1, 0.15) is 28.4 Å². The van der Waals surface area contributed by atoms with Crippen LogP contribution in [0.4, 0.5) is 5.69 Å². The average molecular weight is 234 g/mol. The van der Waals surface area contributed by atoms with E-state index in [-0.39, 0.29) is 16.8 Å². The lowest BCUT2D eigenvalue weighted by Gasteiger charge is -2.06. The zero-order chi connectivity index (χ0) is 13.0. The first kappa shape index (κ1) is 12.6. The van der Waals surface area contributed by atoms with Crippen molar-refractivity contribution in [1.29, 1.82) is 5.26 Å². The number of hydrogen-bond donors (Lipinski definition) is 0. The number of nitro groups is 1. The molecule has 0 saturated heterocycles. The quantitative estimate of drug-likeness (QED) is 0.451. The summed E-state index contributed by atoms with van der Waals surface area (Å²) in [5.74, 6) is -0.603. The first-order valence-electron chi connectivity index (χ1n) is 4.84. The lowest BCUT2D eigenvalue weighted by Crippen LogP contribution is -2.07. The molecule has 0 unspecified atom stereocenters. The smallest absolute Gasteiger partial charge is 0.338 e. The molecule has 6 nitrogen and oxygen atoms in total. The molecule has 0 radical (unpaired) electrons. The highest BCUT2D eigenvalue weighted by Gasteiger charge is 2.20. The minimum atomic E-state index is -0.640. The van der Waals surface area contributed by atoms with Gasteiger partial charge in [0, 0.05) is 6.07 Å². The molecule has 0 aliphatic heterocycles. The van der Waals surface area contributed by atoms with Crippen LogP contribution >= 0.6 is 0 Å². The molecule has 1 rings (SSSR count). The molecule has 0 N–H and O–H groups in total. The third-order valence-corrected chi connectivity index (χ3v) is 2.32. The van der Waals surface area contributed by atoms with Crippen molar-refractivity contribution in [3.05, 3.63) is 38.9 Å². The van der Waals surface area contributed by atoms with Crippen molar-refractivity contribution in [2.45, 2.75) is 13.3 Å². The lowest BCUT2D eigenvalue weighted by atomic mass is 10.0. The minimum Gasteiger partial charge on any atom is -0.465 e. The van der Waals surface area contributed by atoms with Gasteiger partial charge in [-0.25, -0.2) is 4.79 Å². The van der Waals surface area contributed by atoms with Crippen LogP contribution in [0.25, 0.3) is 0 Å². The second kappa shape index (κ2) is 5.07. The van der Waals surface area contributed by atoms with Gasteiger partial charge in [-0.2, -0.15) is 5.26 Å². The molecular formula is C11H10N2O4. The van der Waals surface area contributed by atoms with Gasteiger partial charge in [0.2, 0.25) is 0 Å². The summed E-state index contributed by atoms with van der Waals surface area (Å²) in [4.78, 5) is 21.5.